The Bertz CT molecular complexity index is 1040. The van der Waals surface area contributed by atoms with Crippen LogP contribution in [0, 0.1) is 11.3 Å². The minimum absolute atomic E-state index is 0.0812. The predicted octanol–water partition coefficient (Wildman–Crippen LogP) is 3.54. The Morgan fingerprint density at radius 1 is 1.32 bits per heavy atom. The van der Waals surface area contributed by atoms with E-state index >= 15 is 0 Å². The second kappa shape index (κ2) is 8.42. The number of benzene rings is 1. The third-order valence-electron chi connectivity index (χ3n) is 5.24. The third kappa shape index (κ3) is 5.05. The van der Waals surface area contributed by atoms with Crippen molar-refractivity contribution in [3.8, 4) is 17.2 Å². The van der Waals surface area contributed by atoms with E-state index in [1.807, 2.05) is 24.3 Å². The van der Waals surface area contributed by atoms with Gasteiger partial charge in [-0.25, -0.2) is 8.78 Å². The molecule has 3 rings (SSSR count). The zero-order valence-electron chi connectivity index (χ0n) is 17.7. The van der Waals surface area contributed by atoms with Gasteiger partial charge < -0.3 is 10.2 Å². The molecule has 0 saturated carbocycles. The molecule has 1 N–H and O–H groups in total. The number of nitriles is 1. The normalized spacial score (nSPS) is 17.8. The quantitative estimate of drug-likeness (QED) is 0.810. The Hall–Kier alpha value is -3.34. The van der Waals surface area contributed by atoms with Gasteiger partial charge in [0.1, 0.15) is 6.04 Å². The largest absolute Gasteiger partial charge is 0.343 e. The third-order valence-corrected chi connectivity index (χ3v) is 5.24. The summed E-state index contributed by atoms with van der Waals surface area (Å²) in [5.74, 6) is -4.34. The van der Waals surface area contributed by atoms with Crippen LogP contribution in [0.1, 0.15) is 43.1 Å². The summed E-state index contributed by atoms with van der Waals surface area (Å²) in [5.41, 5.74) is 2.73. The van der Waals surface area contributed by atoms with E-state index in [1.165, 1.54) is 6.20 Å². The number of nitrogens with zero attached hydrogens (tertiary/aromatic N) is 3. The first kappa shape index (κ1) is 22.3. The van der Waals surface area contributed by atoms with Crippen molar-refractivity contribution in [3.05, 3.63) is 53.9 Å². The lowest BCUT2D eigenvalue weighted by molar-refractivity contribution is -0.131. The van der Waals surface area contributed by atoms with E-state index in [0.717, 1.165) is 16.0 Å². The van der Waals surface area contributed by atoms with Gasteiger partial charge in [0, 0.05) is 24.4 Å². The van der Waals surface area contributed by atoms with E-state index in [0.29, 0.717) is 11.1 Å². The van der Waals surface area contributed by atoms with Crippen LogP contribution in [0.3, 0.4) is 0 Å². The number of carbonyl (C=O) groups is 2. The first-order valence-corrected chi connectivity index (χ1v) is 9.92. The number of hydrogen-bond donors (Lipinski definition) is 1. The molecular formula is C23H24F2N4O2. The van der Waals surface area contributed by atoms with Crippen LogP contribution in [0.2, 0.25) is 0 Å². The van der Waals surface area contributed by atoms with Gasteiger partial charge in [0.25, 0.3) is 11.8 Å². The molecule has 162 valence electrons. The predicted molar refractivity (Wildman–Crippen MR) is 111 cm³/mol. The molecule has 2 aromatic rings. The molecule has 1 unspecified atom stereocenters. The van der Waals surface area contributed by atoms with E-state index in [1.54, 1.807) is 18.3 Å². The number of likely N-dealkylation sites (tertiary alicyclic amines) is 1. The molecule has 31 heavy (non-hydrogen) atoms. The van der Waals surface area contributed by atoms with E-state index in [9.17, 15) is 18.4 Å². The summed E-state index contributed by atoms with van der Waals surface area (Å²) < 4.78 is 27.1. The van der Waals surface area contributed by atoms with Crippen LogP contribution in [0.15, 0.2) is 42.7 Å². The fraction of sp³-hybridized carbons (Fsp3) is 0.391. The molecule has 1 aromatic carbocycles. The minimum Gasteiger partial charge on any atom is -0.343 e. The highest BCUT2D eigenvalue weighted by Gasteiger charge is 2.47. The highest BCUT2D eigenvalue weighted by Crippen LogP contribution is 2.32. The number of amides is 2. The lowest BCUT2D eigenvalue weighted by atomic mass is 9.85. The molecule has 0 spiro atoms. The van der Waals surface area contributed by atoms with Crippen molar-refractivity contribution >= 4 is 11.8 Å². The average molecular weight is 426 g/mol. The second-order valence-electron chi connectivity index (χ2n) is 8.66. The fourth-order valence-electron chi connectivity index (χ4n) is 3.52. The van der Waals surface area contributed by atoms with Crippen molar-refractivity contribution in [2.75, 3.05) is 13.1 Å². The number of pyridine rings is 1. The van der Waals surface area contributed by atoms with Gasteiger partial charge in [0.05, 0.1) is 24.7 Å². The molecule has 1 aromatic heterocycles. The number of aromatic nitrogens is 1. The van der Waals surface area contributed by atoms with Crippen molar-refractivity contribution in [1.82, 2.24) is 15.2 Å². The zero-order valence-corrected chi connectivity index (χ0v) is 17.7. The van der Waals surface area contributed by atoms with E-state index in [-0.39, 0.29) is 5.41 Å². The minimum atomic E-state index is -3.10. The van der Waals surface area contributed by atoms with Gasteiger partial charge in [0.2, 0.25) is 5.91 Å². The molecule has 1 atom stereocenters. The first-order chi connectivity index (χ1) is 14.5. The molecule has 0 bridgehead atoms. The molecule has 0 aliphatic carbocycles. The molecule has 8 heteroatoms. The van der Waals surface area contributed by atoms with Crippen LogP contribution in [0.25, 0.3) is 11.1 Å². The molecule has 1 fully saturated rings. The second-order valence-corrected chi connectivity index (χ2v) is 8.66. The van der Waals surface area contributed by atoms with E-state index in [4.69, 9.17) is 5.26 Å². The number of nitrogens with one attached hydrogen (secondary N) is 1. The van der Waals surface area contributed by atoms with Crippen molar-refractivity contribution < 1.29 is 18.4 Å². The Morgan fingerprint density at radius 3 is 2.74 bits per heavy atom. The van der Waals surface area contributed by atoms with Crippen LogP contribution in [-0.2, 0) is 10.2 Å². The Balaban J connectivity index is 1.77. The summed E-state index contributed by atoms with van der Waals surface area (Å²) in [6.45, 7) is 4.97. The van der Waals surface area contributed by atoms with Gasteiger partial charge in [-0.15, -0.1) is 0 Å². The summed E-state index contributed by atoms with van der Waals surface area (Å²) in [7, 11) is 0. The standard InChI is InChI=1S/C23H24F2N4O2/c1-22(2,3)16-6-4-5-15(9-16)19-12-27-8-7-18(19)21(31)28-13-20(30)29-14-23(24,25)10-17(29)11-26/h4-9,12,17H,10,13-14H2,1-3H3,(H,28,31). The van der Waals surface area contributed by atoms with Crippen LogP contribution in [-0.4, -0.2) is 46.8 Å². The van der Waals surface area contributed by atoms with Crippen LogP contribution in [0.5, 0.6) is 0 Å². The van der Waals surface area contributed by atoms with Gasteiger partial charge >= 0.3 is 0 Å². The molecule has 2 heterocycles. The molecule has 1 aliphatic rings. The monoisotopic (exact) mass is 426 g/mol. The van der Waals surface area contributed by atoms with E-state index in [2.05, 4.69) is 31.1 Å². The summed E-state index contributed by atoms with van der Waals surface area (Å²) in [5, 5.41) is 11.5. The topological polar surface area (TPSA) is 86.1 Å². The lowest BCUT2D eigenvalue weighted by Crippen LogP contribution is -2.43. The lowest BCUT2D eigenvalue weighted by Gasteiger charge is -2.20. The first-order valence-electron chi connectivity index (χ1n) is 9.92. The molecule has 0 radical (unpaired) electrons. The maximum atomic E-state index is 13.6. The van der Waals surface area contributed by atoms with Gasteiger partial charge in [-0.2, -0.15) is 5.26 Å². The average Bonchev–Trinajstić information content (AvgIpc) is 3.06. The smallest absolute Gasteiger partial charge is 0.268 e. The molecule has 1 aliphatic heterocycles. The Morgan fingerprint density at radius 2 is 2.06 bits per heavy atom. The van der Waals surface area contributed by atoms with Crippen molar-refractivity contribution in [1.29, 1.82) is 5.26 Å². The van der Waals surface area contributed by atoms with Gasteiger partial charge in [0.15, 0.2) is 0 Å². The maximum Gasteiger partial charge on any atom is 0.268 e. The zero-order chi connectivity index (χ0) is 22.8. The SMILES string of the molecule is CC(C)(C)c1cccc(-c2cnccc2C(=O)NCC(=O)N2CC(F)(F)CC2C#N)c1. The maximum absolute atomic E-state index is 13.6. The van der Waals surface area contributed by atoms with Gasteiger partial charge in [-0.1, -0.05) is 45.0 Å². The number of halogens is 2. The summed E-state index contributed by atoms with van der Waals surface area (Å²) in [6.07, 6.45) is 2.35. The molecule has 6 nitrogen and oxygen atoms in total. The van der Waals surface area contributed by atoms with Gasteiger partial charge in [-0.05, 0) is 22.6 Å². The van der Waals surface area contributed by atoms with Crippen LogP contribution < -0.4 is 5.32 Å². The van der Waals surface area contributed by atoms with Crippen LogP contribution in [0.4, 0.5) is 8.78 Å². The number of rotatable bonds is 4. The van der Waals surface area contributed by atoms with Crippen molar-refractivity contribution in [2.24, 2.45) is 0 Å². The van der Waals surface area contributed by atoms with Gasteiger partial charge in [-0.3, -0.25) is 14.6 Å². The highest BCUT2D eigenvalue weighted by atomic mass is 19.3. The number of hydrogen-bond acceptors (Lipinski definition) is 4. The van der Waals surface area contributed by atoms with Crippen molar-refractivity contribution in [3.63, 3.8) is 0 Å². The summed E-state index contributed by atoms with van der Waals surface area (Å²) >= 11 is 0. The number of alkyl halides is 2. The summed E-state index contributed by atoms with van der Waals surface area (Å²) in [6, 6.07) is 9.84. The fourth-order valence-corrected chi connectivity index (χ4v) is 3.52. The Labute approximate surface area is 179 Å². The highest BCUT2D eigenvalue weighted by molar-refractivity contribution is 6.02. The molecule has 1 saturated heterocycles. The molecule has 2 amide bonds. The van der Waals surface area contributed by atoms with Crippen molar-refractivity contribution in [2.45, 2.75) is 44.6 Å². The van der Waals surface area contributed by atoms with E-state index < -0.39 is 43.3 Å². The summed E-state index contributed by atoms with van der Waals surface area (Å²) in [4.78, 5) is 30.1. The van der Waals surface area contributed by atoms with Crippen LogP contribution >= 0.6 is 0 Å². The Kier molecular flexibility index (Phi) is 6.07. The molecular weight excluding hydrogens is 402 g/mol. The number of carbonyl (C=O) groups excluding carboxylic acids is 2.